The lowest BCUT2D eigenvalue weighted by Crippen LogP contribution is -2.49. The van der Waals surface area contributed by atoms with Crippen molar-refractivity contribution < 1.29 is 9.84 Å². The van der Waals surface area contributed by atoms with Gasteiger partial charge in [0.05, 0.1) is 18.0 Å². The van der Waals surface area contributed by atoms with Gasteiger partial charge in [-0.05, 0) is 93.7 Å². The Hall–Kier alpha value is -0.510. The van der Waals surface area contributed by atoms with Gasteiger partial charge in [-0.2, -0.15) is 0 Å². The summed E-state index contributed by atoms with van der Waals surface area (Å²) >= 11 is 2.11. The second-order valence-corrected chi connectivity index (χ2v) is 11.1. The molecule has 3 heteroatoms. The summed E-state index contributed by atoms with van der Waals surface area (Å²) in [6, 6.07) is 4.55. The predicted molar refractivity (Wildman–Crippen MR) is 110 cm³/mol. The lowest BCUT2D eigenvalue weighted by molar-refractivity contribution is 0.0353. The number of ether oxygens (including phenoxy) is 1. The monoisotopic (exact) mass is 374 g/mol. The third-order valence-electron chi connectivity index (χ3n) is 7.07. The Bertz CT molecular complexity index is 610. The van der Waals surface area contributed by atoms with Gasteiger partial charge in [0, 0.05) is 11.9 Å². The zero-order valence-electron chi connectivity index (χ0n) is 16.8. The summed E-state index contributed by atoms with van der Waals surface area (Å²) in [4.78, 5) is 0. The van der Waals surface area contributed by atoms with Crippen molar-refractivity contribution >= 4 is 11.8 Å². The number of methoxy groups -OCH3 is 1. The van der Waals surface area contributed by atoms with Gasteiger partial charge in [-0.1, -0.05) is 17.7 Å². The van der Waals surface area contributed by atoms with Crippen LogP contribution in [0.4, 0.5) is 0 Å². The van der Waals surface area contributed by atoms with Crippen molar-refractivity contribution in [3.63, 3.8) is 0 Å². The highest BCUT2D eigenvalue weighted by Crippen LogP contribution is 2.63. The molecule has 4 aliphatic rings. The third kappa shape index (κ3) is 3.47. The number of aliphatic hydroxyl groups is 1. The van der Waals surface area contributed by atoms with Gasteiger partial charge in [0.15, 0.2) is 0 Å². The summed E-state index contributed by atoms with van der Waals surface area (Å²) in [5.74, 6) is 2.82. The van der Waals surface area contributed by atoms with Crippen molar-refractivity contribution in [2.75, 3.05) is 13.7 Å². The molecule has 26 heavy (non-hydrogen) atoms. The molecule has 0 unspecified atom stereocenters. The van der Waals surface area contributed by atoms with Crippen LogP contribution in [-0.4, -0.2) is 29.7 Å². The van der Waals surface area contributed by atoms with Crippen LogP contribution in [0.2, 0.25) is 0 Å². The minimum atomic E-state index is -0.446. The quantitative estimate of drug-likeness (QED) is 0.726. The van der Waals surface area contributed by atoms with Crippen LogP contribution >= 0.6 is 11.8 Å². The minimum absolute atomic E-state index is 0.117. The number of hydrogen-bond donors (Lipinski definition) is 1. The first-order valence-corrected chi connectivity index (χ1v) is 11.2. The van der Waals surface area contributed by atoms with E-state index in [9.17, 15) is 5.11 Å². The molecule has 0 heterocycles. The summed E-state index contributed by atoms with van der Waals surface area (Å²) < 4.78 is 5.75. The fourth-order valence-electron chi connectivity index (χ4n) is 6.67. The Morgan fingerprint density at radius 2 is 1.54 bits per heavy atom. The molecule has 1 aromatic rings. The van der Waals surface area contributed by atoms with Gasteiger partial charge in [-0.25, -0.2) is 0 Å². The molecule has 2 nitrogen and oxygen atoms in total. The molecule has 0 saturated heterocycles. The smallest absolute Gasteiger partial charge is 0.0932 e. The molecule has 144 valence electrons. The SMILES string of the molecule is COC[C@H](O)[C@H](SC12CC3CC(CC(C3)C1)C2)c1c(C)cc(C)cc1C. The van der Waals surface area contributed by atoms with Crippen molar-refractivity contribution in [1.29, 1.82) is 0 Å². The fraction of sp³-hybridized carbons (Fsp3) is 0.739. The predicted octanol–water partition coefficient (Wildman–Crippen LogP) is 5.36. The molecule has 4 saturated carbocycles. The number of benzene rings is 1. The van der Waals surface area contributed by atoms with E-state index in [1.54, 1.807) is 7.11 Å². The summed E-state index contributed by atoms with van der Waals surface area (Å²) in [7, 11) is 1.70. The van der Waals surface area contributed by atoms with Crippen LogP contribution in [0.15, 0.2) is 12.1 Å². The standard InChI is InChI=1S/C23H34O2S/c1-14-5-15(2)21(16(3)6-14)22(20(24)13-25-4)26-23-10-17-7-18(11-23)9-19(8-17)12-23/h5-6,17-20,22,24H,7-13H2,1-4H3/t17?,18?,19?,20-,22-,23?/m0/s1. The average molecular weight is 375 g/mol. The van der Waals surface area contributed by atoms with E-state index in [2.05, 4.69) is 44.7 Å². The van der Waals surface area contributed by atoms with Gasteiger partial charge in [0.25, 0.3) is 0 Å². The van der Waals surface area contributed by atoms with E-state index in [0.717, 1.165) is 17.8 Å². The number of thioether (sulfide) groups is 1. The summed E-state index contributed by atoms with van der Waals surface area (Å²) in [5.41, 5.74) is 5.30. The number of rotatable bonds is 6. The van der Waals surface area contributed by atoms with Crippen LogP contribution in [0, 0.1) is 38.5 Å². The molecule has 0 aromatic heterocycles. The fourth-order valence-corrected chi connectivity index (χ4v) is 8.93. The molecule has 4 bridgehead atoms. The van der Waals surface area contributed by atoms with Crippen LogP contribution in [0.1, 0.15) is 66.0 Å². The van der Waals surface area contributed by atoms with Gasteiger partial charge >= 0.3 is 0 Å². The highest BCUT2D eigenvalue weighted by molar-refractivity contribution is 8.01. The third-order valence-corrected chi connectivity index (χ3v) is 8.87. The number of aliphatic hydroxyl groups excluding tert-OH is 1. The average Bonchev–Trinajstić information content (AvgIpc) is 2.51. The highest BCUT2D eigenvalue weighted by Gasteiger charge is 2.52. The summed E-state index contributed by atoms with van der Waals surface area (Å²) in [6.07, 6.45) is 8.05. The Morgan fingerprint density at radius 3 is 2.00 bits per heavy atom. The van der Waals surface area contributed by atoms with Crippen LogP contribution in [0.3, 0.4) is 0 Å². The van der Waals surface area contributed by atoms with E-state index in [1.165, 1.54) is 60.8 Å². The summed E-state index contributed by atoms with van der Waals surface area (Å²) in [6.45, 7) is 7.00. The van der Waals surface area contributed by atoms with Crippen molar-refractivity contribution in [3.05, 3.63) is 34.4 Å². The maximum absolute atomic E-state index is 11.0. The molecular formula is C23H34O2S. The van der Waals surface area contributed by atoms with Gasteiger partial charge in [0.2, 0.25) is 0 Å². The topological polar surface area (TPSA) is 29.5 Å². The second-order valence-electron chi connectivity index (χ2n) is 9.47. The van der Waals surface area contributed by atoms with Crippen molar-refractivity contribution in [2.24, 2.45) is 17.8 Å². The Morgan fingerprint density at radius 1 is 1.04 bits per heavy atom. The van der Waals surface area contributed by atoms with E-state index < -0.39 is 6.10 Å². The lowest BCUT2D eigenvalue weighted by atomic mass is 9.56. The van der Waals surface area contributed by atoms with Gasteiger partial charge in [-0.3, -0.25) is 0 Å². The van der Waals surface area contributed by atoms with Gasteiger partial charge < -0.3 is 9.84 Å². The molecule has 1 N–H and O–H groups in total. The molecule has 0 spiro atoms. The Balaban J connectivity index is 1.67. The van der Waals surface area contributed by atoms with E-state index in [0.29, 0.717) is 11.4 Å². The normalized spacial score (nSPS) is 34.9. The Labute approximate surface area is 163 Å². The summed E-state index contributed by atoms with van der Waals surface area (Å²) in [5, 5.41) is 11.2. The number of hydrogen-bond acceptors (Lipinski definition) is 3. The molecule has 1 aromatic carbocycles. The Kier molecular flexibility index (Phi) is 5.18. The molecular weight excluding hydrogens is 340 g/mol. The van der Waals surface area contributed by atoms with Crippen LogP contribution in [0.25, 0.3) is 0 Å². The van der Waals surface area contributed by atoms with E-state index in [-0.39, 0.29) is 5.25 Å². The molecule has 5 rings (SSSR count). The van der Waals surface area contributed by atoms with E-state index in [4.69, 9.17) is 4.74 Å². The lowest BCUT2D eigenvalue weighted by Gasteiger charge is -2.57. The highest BCUT2D eigenvalue weighted by atomic mass is 32.2. The first-order valence-electron chi connectivity index (χ1n) is 10.3. The van der Waals surface area contributed by atoms with E-state index in [1.807, 2.05) is 0 Å². The van der Waals surface area contributed by atoms with Crippen molar-refractivity contribution in [1.82, 2.24) is 0 Å². The maximum Gasteiger partial charge on any atom is 0.0932 e. The van der Waals surface area contributed by atoms with Gasteiger partial charge in [0.1, 0.15) is 0 Å². The minimum Gasteiger partial charge on any atom is -0.389 e. The largest absolute Gasteiger partial charge is 0.389 e. The number of aryl methyl sites for hydroxylation is 3. The van der Waals surface area contributed by atoms with Crippen LogP contribution in [-0.2, 0) is 4.74 Å². The maximum atomic E-state index is 11.0. The molecule has 4 aliphatic carbocycles. The molecule has 2 atom stereocenters. The van der Waals surface area contributed by atoms with E-state index >= 15 is 0 Å². The molecule has 4 fully saturated rings. The van der Waals surface area contributed by atoms with Crippen LogP contribution < -0.4 is 0 Å². The molecule has 0 radical (unpaired) electrons. The zero-order chi connectivity index (χ0) is 18.5. The van der Waals surface area contributed by atoms with Gasteiger partial charge in [-0.15, -0.1) is 11.8 Å². The first kappa shape index (κ1) is 18.8. The second kappa shape index (κ2) is 7.14. The van der Waals surface area contributed by atoms with Crippen molar-refractivity contribution in [3.8, 4) is 0 Å². The first-order chi connectivity index (χ1) is 12.4. The molecule has 0 amide bonds. The van der Waals surface area contributed by atoms with Crippen molar-refractivity contribution in [2.45, 2.75) is 75.4 Å². The van der Waals surface area contributed by atoms with Crippen LogP contribution in [0.5, 0.6) is 0 Å². The zero-order valence-corrected chi connectivity index (χ0v) is 17.6. The molecule has 0 aliphatic heterocycles.